The van der Waals surface area contributed by atoms with Gasteiger partial charge >= 0.3 is 5.97 Å². The average molecular weight is 400 g/mol. The first-order valence-electron chi connectivity index (χ1n) is 9.02. The molecule has 0 fully saturated rings. The maximum absolute atomic E-state index is 11.9. The van der Waals surface area contributed by atoms with Crippen molar-refractivity contribution < 1.29 is 28.6 Å². The first kappa shape index (κ1) is 21.7. The molecule has 2 aromatic carbocycles. The molecule has 8 nitrogen and oxygen atoms in total. The minimum atomic E-state index is -0.682. The average Bonchev–Trinajstić information content (AvgIpc) is 2.72. The number of hydrogen-bond donors (Lipinski definition) is 1. The first-order valence-corrected chi connectivity index (χ1v) is 9.02. The largest absolute Gasteiger partial charge is 0.490 e. The molecule has 0 aliphatic rings. The summed E-state index contributed by atoms with van der Waals surface area (Å²) in [7, 11) is 3.32. The van der Waals surface area contributed by atoms with E-state index >= 15 is 0 Å². The normalized spacial score (nSPS) is 10.0. The zero-order valence-electron chi connectivity index (χ0n) is 16.6. The van der Waals surface area contributed by atoms with Gasteiger partial charge in [-0.05, 0) is 43.3 Å². The van der Waals surface area contributed by atoms with E-state index in [0.29, 0.717) is 29.4 Å². The van der Waals surface area contributed by atoms with Gasteiger partial charge in [-0.15, -0.1) is 0 Å². The standard InChI is InChI=1S/C21H24N2O6/c1-4-27-17-7-5-6-8-18(17)28-14-20(25)29-13-19(24)22-16-11-9-15(10-12-16)21(26)23(2)3/h5-12H,4,13-14H2,1-3H3,(H,22,24). The van der Waals surface area contributed by atoms with E-state index < -0.39 is 18.5 Å². The molecule has 0 unspecified atom stereocenters. The Balaban J connectivity index is 1.77. The molecular formula is C21H24N2O6. The van der Waals surface area contributed by atoms with E-state index in [-0.39, 0.29) is 12.5 Å². The number of carbonyl (C=O) groups is 3. The number of esters is 1. The fourth-order valence-electron chi connectivity index (χ4n) is 2.32. The number of anilines is 1. The molecule has 2 aromatic rings. The van der Waals surface area contributed by atoms with E-state index in [0.717, 1.165) is 0 Å². The Morgan fingerprint density at radius 2 is 1.52 bits per heavy atom. The number of rotatable bonds is 9. The van der Waals surface area contributed by atoms with E-state index in [2.05, 4.69) is 5.32 Å². The van der Waals surface area contributed by atoms with Gasteiger partial charge in [0, 0.05) is 25.3 Å². The van der Waals surface area contributed by atoms with Gasteiger partial charge in [0.1, 0.15) is 0 Å². The summed E-state index contributed by atoms with van der Waals surface area (Å²) in [6.07, 6.45) is 0. The predicted octanol–water partition coefficient (Wildman–Crippen LogP) is 2.35. The van der Waals surface area contributed by atoms with Crippen molar-refractivity contribution in [3.63, 3.8) is 0 Å². The molecule has 0 heterocycles. The Bertz CT molecular complexity index is 849. The second kappa shape index (κ2) is 10.7. The Hall–Kier alpha value is -3.55. The van der Waals surface area contributed by atoms with Gasteiger partial charge in [-0.25, -0.2) is 4.79 Å². The Morgan fingerprint density at radius 1 is 0.897 bits per heavy atom. The summed E-state index contributed by atoms with van der Waals surface area (Å²) in [6, 6.07) is 13.4. The van der Waals surface area contributed by atoms with Crippen molar-refractivity contribution in [3.05, 3.63) is 54.1 Å². The third kappa shape index (κ3) is 6.84. The van der Waals surface area contributed by atoms with E-state index in [9.17, 15) is 14.4 Å². The SMILES string of the molecule is CCOc1ccccc1OCC(=O)OCC(=O)Nc1ccc(C(=O)N(C)C)cc1. The minimum Gasteiger partial charge on any atom is -0.490 e. The van der Waals surface area contributed by atoms with Crippen LogP contribution in [-0.2, 0) is 14.3 Å². The lowest BCUT2D eigenvalue weighted by Gasteiger charge is -2.12. The Labute approximate surface area is 169 Å². The van der Waals surface area contributed by atoms with Crippen molar-refractivity contribution >= 4 is 23.5 Å². The second-order valence-electron chi connectivity index (χ2n) is 6.15. The van der Waals surface area contributed by atoms with Crippen molar-refractivity contribution in [1.82, 2.24) is 4.90 Å². The highest BCUT2D eigenvalue weighted by Crippen LogP contribution is 2.26. The summed E-state index contributed by atoms with van der Waals surface area (Å²) >= 11 is 0. The maximum Gasteiger partial charge on any atom is 0.344 e. The van der Waals surface area contributed by atoms with Crippen LogP contribution in [0.1, 0.15) is 17.3 Å². The van der Waals surface area contributed by atoms with Gasteiger partial charge in [0.2, 0.25) is 0 Å². The van der Waals surface area contributed by atoms with Crippen LogP contribution in [-0.4, -0.2) is 56.6 Å². The fourth-order valence-corrected chi connectivity index (χ4v) is 2.32. The first-order chi connectivity index (χ1) is 13.9. The third-order valence-electron chi connectivity index (χ3n) is 3.68. The van der Waals surface area contributed by atoms with Crippen LogP contribution in [0, 0.1) is 0 Å². The molecular weight excluding hydrogens is 376 g/mol. The van der Waals surface area contributed by atoms with Crippen LogP contribution < -0.4 is 14.8 Å². The van der Waals surface area contributed by atoms with Crippen molar-refractivity contribution in [2.45, 2.75) is 6.92 Å². The van der Waals surface area contributed by atoms with Crippen LogP contribution in [0.25, 0.3) is 0 Å². The molecule has 0 saturated carbocycles. The third-order valence-corrected chi connectivity index (χ3v) is 3.68. The monoisotopic (exact) mass is 400 g/mol. The zero-order valence-corrected chi connectivity index (χ0v) is 16.6. The highest BCUT2D eigenvalue weighted by molar-refractivity contribution is 5.96. The van der Waals surface area contributed by atoms with Crippen LogP contribution in [0.4, 0.5) is 5.69 Å². The lowest BCUT2D eigenvalue weighted by molar-refractivity contribution is -0.149. The maximum atomic E-state index is 11.9. The highest BCUT2D eigenvalue weighted by atomic mass is 16.6. The molecule has 0 saturated heterocycles. The molecule has 2 amide bonds. The fraction of sp³-hybridized carbons (Fsp3) is 0.286. The quantitative estimate of drug-likeness (QED) is 0.650. The van der Waals surface area contributed by atoms with Gasteiger partial charge in [-0.1, -0.05) is 12.1 Å². The van der Waals surface area contributed by atoms with Crippen LogP contribution in [0.3, 0.4) is 0 Å². The molecule has 0 spiro atoms. The molecule has 0 radical (unpaired) electrons. The van der Waals surface area contributed by atoms with Gasteiger partial charge < -0.3 is 24.4 Å². The Morgan fingerprint density at radius 3 is 2.10 bits per heavy atom. The molecule has 0 aliphatic carbocycles. The number of amides is 2. The van der Waals surface area contributed by atoms with Crippen molar-refractivity contribution in [2.24, 2.45) is 0 Å². The number of benzene rings is 2. The predicted molar refractivity (Wildman–Crippen MR) is 107 cm³/mol. The van der Waals surface area contributed by atoms with Crippen LogP contribution in [0.2, 0.25) is 0 Å². The van der Waals surface area contributed by atoms with Gasteiger partial charge in [0.15, 0.2) is 24.7 Å². The molecule has 0 bridgehead atoms. The lowest BCUT2D eigenvalue weighted by atomic mass is 10.2. The number of carbonyl (C=O) groups excluding carboxylic acids is 3. The molecule has 0 aromatic heterocycles. The summed E-state index contributed by atoms with van der Waals surface area (Å²) < 4.78 is 15.7. The lowest BCUT2D eigenvalue weighted by Crippen LogP contribution is -2.24. The number of para-hydroxylation sites is 2. The van der Waals surface area contributed by atoms with Gasteiger partial charge in [0.05, 0.1) is 6.61 Å². The minimum absolute atomic E-state index is 0.136. The number of ether oxygens (including phenoxy) is 3. The van der Waals surface area contributed by atoms with Gasteiger partial charge in [-0.3, -0.25) is 9.59 Å². The zero-order chi connectivity index (χ0) is 21.2. The summed E-state index contributed by atoms with van der Waals surface area (Å²) in [4.78, 5) is 37.0. The molecule has 1 N–H and O–H groups in total. The van der Waals surface area contributed by atoms with Gasteiger partial charge in [0.25, 0.3) is 11.8 Å². The topological polar surface area (TPSA) is 94.2 Å². The van der Waals surface area contributed by atoms with Crippen LogP contribution in [0.5, 0.6) is 11.5 Å². The highest BCUT2D eigenvalue weighted by Gasteiger charge is 2.12. The molecule has 0 atom stereocenters. The van der Waals surface area contributed by atoms with Gasteiger partial charge in [-0.2, -0.15) is 0 Å². The molecule has 0 aliphatic heterocycles. The van der Waals surface area contributed by atoms with E-state index in [4.69, 9.17) is 14.2 Å². The number of nitrogens with zero attached hydrogens (tertiary/aromatic N) is 1. The molecule has 29 heavy (non-hydrogen) atoms. The summed E-state index contributed by atoms with van der Waals surface area (Å²) in [5, 5.41) is 2.59. The second-order valence-corrected chi connectivity index (χ2v) is 6.15. The summed E-state index contributed by atoms with van der Waals surface area (Å²) in [5.74, 6) is -0.374. The molecule has 154 valence electrons. The molecule has 2 rings (SSSR count). The van der Waals surface area contributed by atoms with Crippen molar-refractivity contribution in [3.8, 4) is 11.5 Å². The Kier molecular flexibility index (Phi) is 8.02. The molecule has 8 heteroatoms. The number of nitrogens with one attached hydrogen (secondary N) is 1. The van der Waals surface area contributed by atoms with E-state index in [1.165, 1.54) is 4.90 Å². The van der Waals surface area contributed by atoms with Crippen LogP contribution >= 0.6 is 0 Å². The van der Waals surface area contributed by atoms with Crippen molar-refractivity contribution in [1.29, 1.82) is 0 Å². The van der Waals surface area contributed by atoms with Crippen molar-refractivity contribution in [2.75, 3.05) is 39.2 Å². The van der Waals surface area contributed by atoms with E-state index in [1.54, 1.807) is 62.6 Å². The smallest absolute Gasteiger partial charge is 0.344 e. The van der Waals surface area contributed by atoms with Crippen LogP contribution in [0.15, 0.2) is 48.5 Å². The summed E-state index contributed by atoms with van der Waals surface area (Å²) in [6.45, 7) is 1.51. The van der Waals surface area contributed by atoms with E-state index in [1.807, 2.05) is 6.92 Å². The summed E-state index contributed by atoms with van der Waals surface area (Å²) in [5.41, 5.74) is 0.993. The number of hydrogen-bond acceptors (Lipinski definition) is 6.